The smallest absolute Gasteiger partial charge is 0.187 e. The fraction of sp³-hybridized carbons (Fsp3) is 1.00. The molecule has 0 aromatic heterocycles. The quantitative estimate of drug-likeness (QED) is 0.104. The average molecular weight is 651 g/mol. The van der Waals surface area contributed by atoms with E-state index in [1.54, 1.807) is 0 Å². The van der Waals surface area contributed by atoms with Crippen molar-refractivity contribution in [2.45, 2.75) is 123 Å². The first-order valence-corrected chi connectivity index (χ1v) is 14.0. The van der Waals surface area contributed by atoms with E-state index < -0.39 is 143 Å². The highest BCUT2D eigenvalue weighted by molar-refractivity contribution is 4.97. The fourth-order valence-electron chi connectivity index (χ4n) is 5.53. The van der Waals surface area contributed by atoms with Crippen molar-refractivity contribution in [2.24, 2.45) is 0 Å². The predicted molar refractivity (Wildman–Crippen MR) is 132 cm³/mol. The summed E-state index contributed by atoms with van der Waals surface area (Å²) in [6.45, 7) is -3.15. The van der Waals surface area contributed by atoms with Crippen LogP contribution in [0.2, 0.25) is 0 Å². The summed E-state index contributed by atoms with van der Waals surface area (Å²) in [5, 5.41) is 132. The number of aliphatic hydroxyl groups excluding tert-OH is 13. The van der Waals surface area contributed by atoms with Gasteiger partial charge in [-0.15, -0.1) is 0 Å². The van der Waals surface area contributed by atoms with Crippen molar-refractivity contribution in [3.63, 3.8) is 0 Å². The monoisotopic (exact) mass is 650 g/mol. The SMILES string of the molecule is OC[C@H]1O[C@@H](O)C[C@@H](O[C@@H]2O[C@H](CO)[C@@H](O[C@@H]3O[C@H](CO)[C@@H](O[C@@H]4O[C@H](CO)[C@@H](O)[C@H](O)[C@H]4O)[C@H](O)[C@H]3O)[C@H](O)[C@H]2O)[C@@H]1O. The molecular formula is C24H42O20. The second kappa shape index (κ2) is 15.4. The molecular weight excluding hydrogens is 608 g/mol. The molecule has 4 heterocycles. The minimum Gasteiger partial charge on any atom is -0.394 e. The van der Waals surface area contributed by atoms with E-state index >= 15 is 0 Å². The molecule has 0 bridgehead atoms. The van der Waals surface area contributed by atoms with Gasteiger partial charge in [0.05, 0.1) is 32.5 Å². The Morgan fingerprint density at radius 3 is 1.25 bits per heavy atom. The predicted octanol–water partition coefficient (Wildman–Crippen LogP) is -8.72. The lowest BCUT2D eigenvalue weighted by molar-refractivity contribution is -0.384. The van der Waals surface area contributed by atoms with Gasteiger partial charge in [0.1, 0.15) is 85.5 Å². The molecule has 258 valence electrons. The first-order valence-electron chi connectivity index (χ1n) is 14.0. The van der Waals surface area contributed by atoms with Crippen LogP contribution in [-0.2, 0) is 33.2 Å². The Labute approximate surface area is 249 Å². The van der Waals surface area contributed by atoms with Gasteiger partial charge in [-0.2, -0.15) is 0 Å². The summed E-state index contributed by atoms with van der Waals surface area (Å²) in [7, 11) is 0. The largest absolute Gasteiger partial charge is 0.394 e. The van der Waals surface area contributed by atoms with Crippen LogP contribution in [0.25, 0.3) is 0 Å². The molecule has 13 N–H and O–H groups in total. The van der Waals surface area contributed by atoms with Crippen molar-refractivity contribution in [3.05, 3.63) is 0 Å². The molecule has 0 aromatic rings. The number of hydrogen-bond donors (Lipinski definition) is 13. The van der Waals surface area contributed by atoms with E-state index in [2.05, 4.69) is 0 Å². The molecule has 4 aliphatic rings. The Balaban J connectivity index is 1.42. The molecule has 0 amide bonds. The Bertz CT molecular complexity index is 881. The molecule has 4 saturated heterocycles. The van der Waals surface area contributed by atoms with E-state index in [0.29, 0.717) is 0 Å². The van der Waals surface area contributed by atoms with E-state index in [1.165, 1.54) is 0 Å². The van der Waals surface area contributed by atoms with Crippen molar-refractivity contribution in [1.29, 1.82) is 0 Å². The van der Waals surface area contributed by atoms with E-state index in [9.17, 15) is 66.4 Å². The van der Waals surface area contributed by atoms with E-state index in [-0.39, 0.29) is 6.42 Å². The van der Waals surface area contributed by atoms with Gasteiger partial charge < -0.3 is 99.5 Å². The molecule has 0 unspecified atom stereocenters. The van der Waals surface area contributed by atoms with Crippen LogP contribution < -0.4 is 0 Å². The molecule has 0 radical (unpaired) electrons. The summed E-state index contributed by atoms with van der Waals surface area (Å²) in [6, 6.07) is 0. The lowest BCUT2D eigenvalue weighted by atomic mass is 9.96. The molecule has 4 aliphatic heterocycles. The number of hydrogen-bond acceptors (Lipinski definition) is 20. The van der Waals surface area contributed by atoms with Crippen LogP contribution in [-0.4, -0.2) is 210 Å². The molecule has 0 aromatic carbocycles. The third-order valence-electron chi connectivity index (χ3n) is 8.09. The maximum Gasteiger partial charge on any atom is 0.187 e. The van der Waals surface area contributed by atoms with Gasteiger partial charge in [0.2, 0.25) is 0 Å². The standard InChI is InChI=1S/C24H42O20/c25-2-7-12(30)6(1-11(29)38-7)39-22-18(36)15(33)20(9(4-27)41-22)44-24-19(37)16(34)21(10(5-28)42-24)43-23-17(35)14(32)13(31)8(3-26)40-23/h6-37H,1-5H2/t6-,7-,8-,9-,10-,11-,12+,13-,14+,15-,16-,17-,18-,19-,20-,21-,22-,23+,24+/m1/s1. The van der Waals surface area contributed by atoms with Crippen LogP contribution in [0.15, 0.2) is 0 Å². The zero-order chi connectivity index (χ0) is 32.5. The maximum atomic E-state index is 10.8. The van der Waals surface area contributed by atoms with Gasteiger partial charge >= 0.3 is 0 Å². The summed E-state index contributed by atoms with van der Waals surface area (Å²) in [4.78, 5) is 0. The number of aliphatic hydroxyl groups is 13. The first-order chi connectivity index (χ1) is 20.9. The summed E-state index contributed by atoms with van der Waals surface area (Å²) in [5.74, 6) is 0. The van der Waals surface area contributed by atoms with Crippen LogP contribution >= 0.6 is 0 Å². The van der Waals surface area contributed by atoms with Crippen molar-refractivity contribution >= 4 is 0 Å². The summed E-state index contributed by atoms with van der Waals surface area (Å²) in [5.41, 5.74) is 0. The van der Waals surface area contributed by atoms with Gasteiger partial charge in [-0.3, -0.25) is 0 Å². The molecule has 0 aliphatic carbocycles. The first kappa shape index (κ1) is 36.0. The fourth-order valence-corrected chi connectivity index (χ4v) is 5.53. The summed E-state index contributed by atoms with van der Waals surface area (Å²) < 4.78 is 37.9. The topological polar surface area (TPSA) is 328 Å². The molecule has 19 atom stereocenters. The third kappa shape index (κ3) is 7.35. The lowest BCUT2D eigenvalue weighted by Gasteiger charge is -2.48. The Morgan fingerprint density at radius 1 is 0.409 bits per heavy atom. The molecule has 0 spiro atoms. The van der Waals surface area contributed by atoms with E-state index in [0.717, 1.165) is 0 Å². The second-order valence-electron chi connectivity index (χ2n) is 11.0. The van der Waals surface area contributed by atoms with Crippen molar-refractivity contribution < 1.29 is 99.5 Å². The van der Waals surface area contributed by atoms with E-state index in [4.69, 9.17) is 33.2 Å². The van der Waals surface area contributed by atoms with Crippen molar-refractivity contribution in [3.8, 4) is 0 Å². The van der Waals surface area contributed by atoms with Crippen LogP contribution in [0.4, 0.5) is 0 Å². The van der Waals surface area contributed by atoms with Gasteiger partial charge in [-0.25, -0.2) is 0 Å². The average Bonchev–Trinajstić information content (AvgIpc) is 3.01. The number of rotatable bonds is 10. The molecule has 0 saturated carbocycles. The Morgan fingerprint density at radius 2 is 0.795 bits per heavy atom. The third-order valence-corrected chi connectivity index (χ3v) is 8.09. The van der Waals surface area contributed by atoms with Crippen LogP contribution in [0, 0.1) is 0 Å². The van der Waals surface area contributed by atoms with Crippen LogP contribution in [0.3, 0.4) is 0 Å². The van der Waals surface area contributed by atoms with Crippen molar-refractivity contribution in [1.82, 2.24) is 0 Å². The van der Waals surface area contributed by atoms with Crippen molar-refractivity contribution in [2.75, 3.05) is 26.4 Å². The highest BCUT2D eigenvalue weighted by Gasteiger charge is 2.54. The van der Waals surface area contributed by atoms with Gasteiger partial charge in [-0.1, -0.05) is 0 Å². The minimum absolute atomic E-state index is 0.293. The number of ether oxygens (including phenoxy) is 7. The maximum absolute atomic E-state index is 10.8. The zero-order valence-corrected chi connectivity index (χ0v) is 23.2. The molecule has 4 rings (SSSR count). The summed E-state index contributed by atoms with van der Waals surface area (Å²) >= 11 is 0. The molecule has 44 heavy (non-hydrogen) atoms. The second-order valence-corrected chi connectivity index (χ2v) is 11.0. The van der Waals surface area contributed by atoms with Crippen LogP contribution in [0.5, 0.6) is 0 Å². The zero-order valence-electron chi connectivity index (χ0n) is 23.2. The Kier molecular flexibility index (Phi) is 12.6. The summed E-state index contributed by atoms with van der Waals surface area (Å²) in [6.07, 6.45) is -31.6. The van der Waals surface area contributed by atoms with Gasteiger partial charge in [0.25, 0.3) is 0 Å². The lowest BCUT2D eigenvalue weighted by Crippen LogP contribution is -2.67. The highest BCUT2D eigenvalue weighted by Crippen LogP contribution is 2.33. The normalized spacial score (nSPS) is 52.2. The Hall–Kier alpha value is -0.800. The van der Waals surface area contributed by atoms with Gasteiger partial charge in [-0.05, 0) is 0 Å². The van der Waals surface area contributed by atoms with Gasteiger partial charge in [0.15, 0.2) is 25.2 Å². The van der Waals surface area contributed by atoms with Gasteiger partial charge in [0, 0.05) is 6.42 Å². The van der Waals surface area contributed by atoms with E-state index in [1.807, 2.05) is 0 Å². The minimum atomic E-state index is -1.99. The molecule has 4 fully saturated rings. The molecule has 20 nitrogen and oxygen atoms in total. The van der Waals surface area contributed by atoms with Crippen LogP contribution in [0.1, 0.15) is 6.42 Å². The molecule has 20 heteroatoms. The highest BCUT2D eigenvalue weighted by atomic mass is 16.8.